The van der Waals surface area contributed by atoms with Crippen LogP contribution < -0.4 is 19.7 Å². The van der Waals surface area contributed by atoms with Gasteiger partial charge in [-0.05, 0) is 55.2 Å². The second kappa shape index (κ2) is 11.7. The average molecular weight is 448 g/mol. The molecule has 0 aliphatic carbocycles. The van der Waals surface area contributed by atoms with Gasteiger partial charge in [0.2, 0.25) is 15.9 Å². The van der Waals surface area contributed by atoms with Crippen molar-refractivity contribution >= 4 is 21.6 Å². The Kier molecular flexibility index (Phi) is 9.33. The molecule has 1 amide bonds. The first-order chi connectivity index (χ1) is 14.7. The summed E-state index contributed by atoms with van der Waals surface area (Å²) in [6.45, 7) is 5.00. The van der Waals surface area contributed by atoms with Crippen LogP contribution in [0.15, 0.2) is 59.5 Å². The number of unbranched alkanes of at least 4 members (excludes halogenated alkanes) is 1. The number of nitrogens with one attached hydrogen (secondary N) is 2. The van der Waals surface area contributed by atoms with Crippen LogP contribution in [-0.4, -0.2) is 47.6 Å². The smallest absolute Gasteiger partial charge is 0.241 e. The minimum absolute atomic E-state index is 0.0932. The summed E-state index contributed by atoms with van der Waals surface area (Å²) in [5.41, 5.74) is 1.15. The Morgan fingerprint density at radius 2 is 1.68 bits per heavy atom. The summed E-state index contributed by atoms with van der Waals surface area (Å²) < 4.78 is 33.0. The Morgan fingerprint density at radius 1 is 1.03 bits per heavy atom. The third-order valence-electron chi connectivity index (χ3n) is 5.02. The number of sulfonamides is 1. The first-order valence-electron chi connectivity index (χ1n) is 10.4. The van der Waals surface area contributed by atoms with Crippen LogP contribution in [0.25, 0.3) is 0 Å². The topological polar surface area (TPSA) is 87.7 Å². The van der Waals surface area contributed by atoms with Gasteiger partial charge in [0.25, 0.3) is 0 Å². The zero-order valence-corrected chi connectivity index (χ0v) is 19.5. The van der Waals surface area contributed by atoms with Crippen molar-refractivity contribution in [3.05, 3.63) is 54.6 Å². The SMILES string of the molecule is COc1ccc(S(=O)(=O)N[C@H](C(=O)NCCCCN(C)c2ccccc2)C(C)C)cc1. The fourth-order valence-corrected chi connectivity index (χ4v) is 4.43. The Bertz CT molecular complexity index is 916. The molecule has 0 aliphatic rings. The van der Waals surface area contributed by atoms with Gasteiger partial charge in [0.1, 0.15) is 11.8 Å². The molecule has 31 heavy (non-hydrogen) atoms. The summed E-state index contributed by atoms with van der Waals surface area (Å²) in [6.07, 6.45) is 1.72. The summed E-state index contributed by atoms with van der Waals surface area (Å²) in [5.74, 6) is 0.0516. The number of benzene rings is 2. The molecule has 0 saturated carbocycles. The second-order valence-electron chi connectivity index (χ2n) is 7.77. The van der Waals surface area contributed by atoms with E-state index in [1.807, 2.05) is 39.1 Å². The summed E-state index contributed by atoms with van der Waals surface area (Å²) in [6, 6.07) is 15.3. The van der Waals surface area contributed by atoms with Crippen molar-refractivity contribution in [1.82, 2.24) is 10.0 Å². The number of rotatable bonds is 12. The van der Waals surface area contributed by atoms with Crippen LogP contribution in [0.5, 0.6) is 5.75 Å². The maximum Gasteiger partial charge on any atom is 0.241 e. The van der Waals surface area contributed by atoms with Gasteiger partial charge in [-0.3, -0.25) is 4.79 Å². The molecule has 0 spiro atoms. The maximum atomic E-state index is 12.7. The highest BCUT2D eigenvalue weighted by molar-refractivity contribution is 7.89. The molecular weight excluding hydrogens is 414 g/mol. The van der Waals surface area contributed by atoms with E-state index in [9.17, 15) is 13.2 Å². The number of carbonyl (C=O) groups is 1. The minimum Gasteiger partial charge on any atom is -0.497 e. The lowest BCUT2D eigenvalue weighted by Crippen LogP contribution is -2.49. The van der Waals surface area contributed by atoms with Crippen molar-refractivity contribution in [2.45, 2.75) is 37.6 Å². The first kappa shape index (κ1) is 24.7. The van der Waals surface area contributed by atoms with Crippen LogP contribution in [0.4, 0.5) is 5.69 Å². The van der Waals surface area contributed by atoms with Gasteiger partial charge in [0.05, 0.1) is 12.0 Å². The molecule has 0 aliphatic heterocycles. The van der Waals surface area contributed by atoms with Gasteiger partial charge < -0.3 is 15.0 Å². The number of nitrogens with zero attached hydrogens (tertiary/aromatic N) is 1. The van der Waals surface area contributed by atoms with E-state index in [2.05, 4.69) is 27.1 Å². The normalized spacial score (nSPS) is 12.4. The number of methoxy groups -OCH3 is 1. The predicted octanol–water partition coefficient (Wildman–Crippen LogP) is 3.03. The molecule has 0 saturated heterocycles. The van der Waals surface area contributed by atoms with Crippen LogP contribution in [0.3, 0.4) is 0 Å². The van der Waals surface area contributed by atoms with E-state index in [4.69, 9.17) is 4.74 Å². The monoisotopic (exact) mass is 447 g/mol. The number of para-hydroxylation sites is 1. The molecule has 7 nitrogen and oxygen atoms in total. The quantitative estimate of drug-likeness (QED) is 0.489. The third kappa shape index (κ3) is 7.56. The number of carbonyl (C=O) groups excluding carboxylic acids is 1. The number of ether oxygens (including phenoxy) is 1. The molecule has 2 aromatic rings. The van der Waals surface area contributed by atoms with Crippen LogP contribution >= 0.6 is 0 Å². The molecule has 170 valence electrons. The highest BCUT2D eigenvalue weighted by Crippen LogP contribution is 2.17. The molecule has 0 bridgehead atoms. The van der Waals surface area contributed by atoms with E-state index in [-0.39, 0.29) is 16.7 Å². The molecular formula is C23H33N3O4S. The Labute approximate surface area is 185 Å². The largest absolute Gasteiger partial charge is 0.497 e. The summed E-state index contributed by atoms with van der Waals surface area (Å²) in [7, 11) is -0.272. The van der Waals surface area contributed by atoms with Crippen LogP contribution in [0.1, 0.15) is 26.7 Å². The van der Waals surface area contributed by atoms with Gasteiger partial charge in [-0.25, -0.2) is 8.42 Å². The van der Waals surface area contributed by atoms with Gasteiger partial charge in [-0.2, -0.15) is 4.72 Å². The molecule has 0 radical (unpaired) electrons. The molecule has 8 heteroatoms. The lowest BCUT2D eigenvalue weighted by molar-refractivity contribution is -0.123. The van der Waals surface area contributed by atoms with Gasteiger partial charge in [-0.15, -0.1) is 0 Å². The predicted molar refractivity (Wildman–Crippen MR) is 124 cm³/mol. The van der Waals surface area contributed by atoms with Crippen molar-refractivity contribution < 1.29 is 17.9 Å². The standard InChI is InChI=1S/C23H33N3O4S/c1-18(2)22(25-31(28,29)21-14-12-20(30-4)13-15-21)23(27)24-16-8-9-17-26(3)19-10-6-5-7-11-19/h5-7,10-15,18,22,25H,8-9,16-17H2,1-4H3,(H,24,27)/t22-/m0/s1. The van der Waals surface area contributed by atoms with E-state index in [0.29, 0.717) is 12.3 Å². The summed E-state index contributed by atoms with van der Waals surface area (Å²) >= 11 is 0. The average Bonchev–Trinajstić information content (AvgIpc) is 2.77. The number of hydrogen-bond donors (Lipinski definition) is 2. The van der Waals surface area contributed by atoms with Gasteiger partial charge in [-0.1, -0.05) is 32.0 Å². The first-order valence-corrected chi connectivity index (χ1v) is 11.9. The lowest BCUT2D eigenvalue weighted by atomic mass is 10.1. The van der Waals surface area contributed by atoms with Gasteiger partial charge in [0, 0.05) is 25.8 Å². The van der Waals surface area contributed by atoms with Gasteiger partial charge in [0.15, 0.2) is 0 Å². The fourth-order valence-electron chi connectivity index (χ4n) is 3.09. The van der Waals surface area contributed by atoms with Crippen molar-refractivity contribution in [2.24, 2.45) is 5.92 Å². The summed E-state index contributed by atoms with van der Waals surface area (Å²) in [5, 5.41) is 2.87. The molecule has 2 N–H and O–H groups in total. The fraction of sp³-hybridized carbons (Fsp3) is 0.435. The van der Waals surface area contributed by atoms with Crippen LogP contribution in [0.2, 0.25) is 0 Å². The highest BCUT2D eigenvalue weighted by atomic mass is 32.2. The number of anilines is 1. The van der Waals surface area contributed by atoms with Crippen molar-refractivity contribution in [2.75, 3.05) is 32.1 Å². The molecule has 1 atom stereocenters. The second-order valence-corrected chi connectivity index (χ2v) is 9.49. The van der Waals surface area contributed by atoms with Crippen molar-refractivity contribution in [3.8, 4) is 5.75 Å². The highest BCUT2D eigenvalue weighted by Gasteiger charge is 2.28. The minimum atomic E-state index is -3.82. The third-order valence-corrected chi connectivity index (χ3v) is 6.47. The van der Waals surface area contributed by atoms with Crippen LogP contribution in [-0.2, 0) is 14.8 Å². The molecule has 0 heterocycles. The Morgan fingerprint density at radius 3 is 2.26 bits per heavy atom. The van der Waals surface area contributed by atoms with E-state index >= 15 is 0 Å². The van der Waals surface area contributed by atoms with E-state index < -0.39 is 16.1 Å². The molecule has 2 rings (SSSR count). The Hall–Kier alpha value is -2.58. The lowest BCUT2D eigenvalue weighted by Gasteiger charge is -2.22. The number of amides is 1. The van der Waals surface area contributed by atoms with Crippen molar-refractivity contribution in [3.63, 3.8) is 0 Å². The van der Waals surface area contributed by atoms with E-state index in [0.717, 1.165) is 25.1 Å². The molecule has 0 unspecified atom stereocenters. The van der Waals surface area contributed by atoms with Crippen LogP contribution in [0, 0.1) is 5.92 Å². The summed E-state index contributed by atoms with van der Waals surface area (Å²) in [4.78, 5) is 14.9. The zero-order chi connectivity index (χ0) is 22.9. The molecule has 0 fully saturated rings. The van der Waals surface area contributed by atoms with Gasteiger partial charge >= 0.3 is 0 Å². The molecule has 0 aromatic heterocycles. The maximum absolute atomic E-state index is 12.7. The molecule has 2 aromatic carbocycles. The zero-order valence-electron chi connectivity index (χ0n) is 18.7. The van der Waals surface area contributed by atoms with Crippen molar-refractivity contribution in [1.29, 1.82) is 0 Å². The number of hydrogen-bond acceptors (Lipinski definition) is 5. The van der Waals surface area contributed by atoms with E-state index in [1.54, 1.807) is 12.1 Å². The Balaban J connectivity index is 1.84. The van der Waals surface area contributed by atoms with E-state index in [1.165, 1.54) is 19.2 Å².